The van der Waals surface area contributed by atoms with Crippen molar-refractivity contribution < 1.29 is 27.5 Å². The highest BCUT2D eigenvalue weighted by molar-refractivity contribution is 7.89. The molecule has 2 aromatic carbocycles. The number of methoxy groups -OCH3 is 1. The van der Waals surface area contributed by atoms with Crippen LogP contribution in [0.3, 0.4) is 0 Å². The lowest BCUT2D eigenvalue weighted by Crippen LogP contribution is -2.43. The number of fused-ring (bicyclic) bond motifs is 1. The number of ether oxygens (including phenoxy) is 2. The number of carbonyl (C=O) groups is 2. The smallest absolute Gasteiger partial charge is 0.262 e. The van der Waals surface area contributed by atoms with E-state index in [0.717, 1.165) is 0 Å². The second kappa shape index (κ2) is 8.97. The monoisotopic (exact) mass is 479 g/mol. The van der Waals surface area contributed by atoms with Gasteiger partial charge in [0.2, 0.25) is 15.9 Å². The van der Waals surface area contributed by atoms with E-state index in [2.05, 4.69) is 10.6 Å². The Balaban J connectivity index is 1.48. The maximum Gasteiger partial charge on any atom is 0.262 e. The third-order valence-electron chi connectivity index (χ3n) is 5.40. The van der Waals surface area contributed by atoms with Crippen LogP contribution in [0.1, 0.15) is 12.8 Å². The molecule has 4 rings (SSSR count). The first-order valence-electron chi connectivity index (χ1n) is 9.99. The lowest BCUT2D eigenvalue weighted by molar-refractivity contribution is -0.121. The molecule has 2 aliphatic rings. The van der Waals surface area contributed by atoms with Crippen LogP contribution in [0.2, 0.25) is 5.02 Å². The molecule has 0 saturated carbocycles. The Morgan fingerprint density at radius 2 is 2.09 bits per heavy atom. The standard InChI is InChI=1S/C21H22ClN3O6S/c1-30-18-6-4-14(9-16(18)22)23-21(27)13-3-2-8-25(11-13)32(28,29)15-5-7-19-17(10-15)24-20(26)12-31-19/h4-7,9-10,13H,2-3,8,11-12H2,1H3,(H,23,27)(H,24,26)/t13-/m0/s1. The Kier molecular flexibility index (Phi) is 6.27. The topological polar surface area (TPSA) is 114 Å². The number of benzene rings is 2. The average molecular weight is 480 g/mol. The summed E-state index contributed by atoms with van der Waals surface area (Å²) in [5, 5.41) is 5.77. The fourth-order valence-electron chi connectivity index (χ4n) is 3.73. The number of anilines is 2. The Morgan fingerprint density at radius 3 is 2.84 bits per heavy atom. The molecule has 0 unspecified atom stereocenters. The molecule has 0 radical (unpaired) electrons. The summed E-state index contributed by atoms with van der Waals surface area (Å²) in [7, 11) is -2.36. The SMILES string of the molecule is COc1ccc(NC(=O)[C@H]2CCCN(S(=O)(=O)c3ccc4c(c3)NC(=O)CO4)C2)cc1Cl. The molecular weight excluding hydrogens is 458 g/mol. The van der Waals surface area contributed by atoms with E-state index in [0.29, 0.717) is 47.3 Å². The van der Waals surface area contributed by atoms with Crippen LogP contribution < -0.4 is 20.1 Å². The minimum atomic E-state index is -3.86. The van der Waals surface area contributed by atoms with Crippen molar-refractivity contribution in [1.82, 2.24) is 4.31 Å². The van der Waals surface area contributed by atoms with Crippen LogP contribution in [0.25, 0.3) is 0 Å². The summed E-state index contributed by atoms with van der Waals surface area (Å²) in [4.78, 5) is 24.4. The van der Waals surface area contributed by atoms with Gasteiger partial charge >= 0.3 is 0 Å². The maximum absolute atomic E-state index is 13.2. The summed E-state index contributed by atoms with van der Waals surface area (Å²) in [6, 6.07) is 9.24. The van der Waals surface area contributed by atoms with Crippen LogP contribution in [0, 0.1) is 5.92 Å². The normalized spacial score (nSPS) is 18.8. The van der Waals surface area contributed by atoms with Gasteiger partial charge in [0.1, 0.15) is 11.5 Å². The predicted molar refractivity (Wildman–Crippen MR) is 119 cm³/mol. The van der Waals surface area contributed by atoms with Gasteiger partial charge in [-0.15, -0.1) is 0 Å². The first-order valence-corrected chi connectivity index (χ1v) is 11.8. The molecule has 32 heavy (non-hydrogen) atoms. The molecule has 0 aromatic heterocycles. The Hall–Kier alpha value is -2.82. The van der Waals surface area contributed by atoms with Crippen LogP contribution in [-0.4, -0.2) is 51.3 Å². The molecule has 2 amide bonds. The van der Waals surface area contributed by atoms with E-state index >= 15 is 0 Å². The van der Waals surface area contributed by atoms with Crippen LogP contribution in [0.4, 0.5) is 11.4 Å². The maximum atomic E-state index is 13.2. The van der Waals surface area contributed by atoms with Gasteiger partial charge in [0.25, 0.3) is 5.91 Å². The molecule has 2 N–H and O–H groups in total. The Labute approximate surface area is 190 Å². The lowest BCUT2D eigenvalue weighted by Gasteiger charge is -2.31. The number of hydrogen-bond acceptors (Lipinski definition) is 6. The van der Waals surface area contributed by atoms with Gasteiger partial charge in [-0.3, -0.25) is 9.59 Å². The van der Waals surface area contributed by atoms with Crippen LogP contribution >= 0.6 is 11.6 Å². The van der Waals surface area contributed by atoms with Crippen LogP contribution in [-0.2, 0) is 19.6 Å². The van der Waals surface area contributed by atoms with Crippen molar-refractivity contribution in [3.63, 3.8) is 0 Å². The van der Waals surface area contributed by atoms with E-state index in [-0.39, 0.29) is 29.9 Å². The fourth-order valence-corrected chi connectivity index (χ4v) is 5.54. The number of piperidine rings is 1. The van der Waals surface area contributed by atoms with Gasteiger partial charge in [-0.05, 0) is 49.2 Å². The quantitative estimate of drug-likeness (QED) is 0.681. The summed E-state index contributed by atoms with van der Waals surface area (Å²) in [6.45, 7) is 0.250. The van der Waals surface area contributed by atoms with Crippen molar-refractivity contribution >= 4 is 44.8 Å². The minimum Gasteiger partial charge on any atom is -0.495 e. The second-order valence-corrected chi connectivity index (χ2v) is 9.88. The van der Waals surface area contributed by atoms with E-state index in [1.54, 1.807) is 18.2 Å². The number of rotatable bonds is 5. The Bertz CT molecular complexity index is 1170. The van der Waals surface area contributed by atoms with E-state index in [4.69, 9.17) is 21.1 Å². The van der Waals surface area contributed by atoms with Crippen LogP contribution in [0.5, 0.6) is 11.5 Å². The van der Waals surface area contributed by atoms with Gasteiger partial charge in [-0.1, -0.05) is 11.6 Å². The lowest BCUT2D eigenvalue weighted by atomic mass is 9.98. The average Bonchev–Trinajstić information content (AvgIpc) is 2.78. The molecule has 1 fully saturated rings. The summed E-state index contributed by atoms with van der Waals surface area (Å²) in [5.41, 5.74) is 0.816. The van der Waals surface area contributed by atoms with Gasteiger partial charge in [-0.25, -0.2) is 8.42 Å². The number of hydrogen-bond donors (Lipinski definition) is 2. The van der Waals surface area contributed by atoms with E-state index < -0.39 is 15.9 Å². The van der Waals surface area contributed by atoms with E-state index in [9.17, 15) is 18.0 Å². The summed E-state index contributed by atoms with van der Waals surface area (Å²) in [5.74, 6) is -0.235. The fraction of sp³-hybridized carbons (Fsp3) is 0.333. The number of halogens is 1. The highest BCUT2D eigenvalue weighted by atomic mass is 35.5. The molecule has 11 heteroatoms. The van der Waals surface area contributed by atoms with E-state index in [1.165, 1.54) is 29.6 Å². The van der Waals surface area contributed by atoms with Crippen molar-refractivity contribution in [3.8, 4) is 11.5 Å². The Morgan fingerprint density at radius 1 is 1.28 bits per heavy atom. The third-order valence-corrected chi connectivity index (χ3v) is 7.55. The number of nitrogens with one attached hydrogen (secondary N) is 2. The minimum absolute atomic E-state index is 0.0324. The number of carbonyl (C=O) groups excluding carboxylic acids is 2. The van der Waals surface area contributed by atoms with Gasteiger partial charge in [0.15, 0.2) is 6.61 Å². The third kappa shape index (κ3) is 4.52. The molecule has 9 nitrogen and oxygen atoms in total. The van der Waals surface area contributed by atoms with Gasteiger partial charge < -0.3 is 20.1 Å². The summed E-state index contributed by atoms with van der Waals surface area (Å²) in [6.07, 6.45) is 1.11. The van der Waals surface area contributed by atoms with Gasteiger partial charge in [-0.2, -0.15) is 4.31 Å². The highest BCUT2D eigenvalue weighted by Gasteiger charge is 2.34. The van der Waals surface area contributed by atoms with Crippen molar-refractivity contribution in [2.24, 2.45) is 5.92 Å². The summed E-state index contributed by atoms with van der Waals surface area (Å²) >= 11 is 6.11. The molecule has 2 aliphatic heterocycles. The zero-order valence-corrected chi connectivity index (χ0v) is 18.8. The van der Waals surface area contributed by atoms with Crippen molar-refractivity contribution in [2.45, 2.75) is 17.7 Å². The molecule has 170 valence electrons. The number of sulfonamides is 1. The number of nitrogens with zero attached hydrogens (tertiary/aromatic N) is 1. The molecule has 2 heterocycles. The molecule has 0 bridgehead atoms. The van der Waals surface area contributed by atoms with Crippen molar-refractivity contribution in [1.29, 1.82) is 0 Å². The molecular formula is C21H22ClN3O6S. The summed E-state index contributed by atoms with van der Waals surface area (Å²) < 4.78 is 38.1. The van der Waals surface area contributed by atoms with Gasteiger partial charge in [0, 0.05) is 18.8 Å². The van der Waals surface area contributed by atoms with Crippen molar-refractivity contribution in [3.05, 3.63) is 41.4 Å². The first-order chi connectivity index (χ1) is 15.3. The molecule has 1 atom stereocenters. The zero-order chi connectivity index (χ0) is 22.9. The van der Waals surface area contributed by atoms with Crippen LogP contribution in [0.15, 0.2) is 41.3 Å². The number of amides is 2. The van der Waals surface area contributed by atoms with E-state index in [1.807, 2.05) is 0 Å². The molecule has 0 spiro atoms. The molecule has 2 aromatic rings. The highest BCUT2D eigenvalue weighted by Crippen LogP contribution is 2.33. The largest absolute Gasteiger partial charge is 0.495 e. The van der Waals surface area contributed by atoms with Crippen molar-refractivity contribution in [2.75, 3.05) is 37.4 Å². The molecule has 1 saturated heterocycles. The predicted octanol–water partition coefficient (Wildman–Crippen LogP) is 2.72. The molecule has 0 aliphatic carbocycles. The first kappa shape index (κ1) is 22.4. The van der Waals surface area contributed by atoms with Gasteiger partial charge in [0.05, 0.1) is 28.6 Å². The second-order valence-electron chi connectivity index (χ2n) is 7.54. The zero-order valence-electron chi connectivity index (χ0n) is 17.3.